The zero-order valence-corrected chi connectivity index (χ0v) is 11.9. The molecule has 0 radical (unpaired) electrons. The number of halogens is 2. The molecule has 114 valence electrons. The molecule has 1 aliphatic heterocycles. The van der Waals surface area contributed by atoms with Crippen LogP contribution in [0.4, 0.5) is 14.5 Å². The Hall–Kier alpha value is -2.55. The highest BCUT2D eigenvalue weighted by molar-refractivity contribution is 7.90. The molecule has 0 atom stereocenters. The Balaban J connectivity index is 1.93. The molecule has 9 heteroatoms. The van der Waals surface area contributed by atoms with E-state index in [1.165, 1.54) is 0 Å². The van der Waals surface area contributed by atoms with Crippen LogP contribution in [0.15, 0.2) is 46.5 Å². The number of fused-ring (bicyclic) bond motifs is 1. The Morgan fingerprint density at radius 1 is 1.23 bits per heavy atom. The molecule has 1 aromatic heterocycles. The average Bonchev–Trinajstić information content (AvgIpc) is 2.48. The van der Waals surface area contributed by atoms with Gasteiger partial charge in [-0.2, -0.15) is 0 Å². The highest BCUT2D eigenvalue weighted by Crippen LogP contribution is 2.27. The van der Waals surface area contributed by atoms with Gasteiger partial charge in [-0.1, -0.05) is 6.07 Å². The number of pyridine rings is 1. The fraction of sp³-hybridized carbons (Fsp3) is 0.0769. The van der Waals surface area contributed by atoms with Gasteiger partial charge in [-0.3, -0.25) is 4.98 Å². The van der Waals surface area contributed by atoms with Crippen LogP contribution in [0, 0.1) is 11.6 Å². The van der Waals surface area contributed by atoms with E-state index in [9.17, 15) is 17.2 Å². The number of aliphatic imine (C=N–C) groups is 1. The summed E-state index contributed by atoms with van der Waals surface area (Å²) in [4.78, 5) is 7.61. The third kappa shape index (κ3) is 2.75. The van der Waals surface area contributed by atoms with Crippen LogP contribution < -0.4 is 10.0 Å². The summed E-state index contributed by atoms with van der Waals surface area (Å²) in [7, 11) is -4.00. The third-order valence-corrected chi connectivity index (χ3v) is 4.32. The number of benzene rings is 1. The molecule has 0 fully saturated rings. The number of rotatable bonds is 2. The normalized spacial score (nSPS) is 17.5. The molecule has 3 rings (SSSR count). The average molecular weight is 324 g/mol. The van der Waals surface area contributed by atoms with E-state index in [1.54, 1.807) is 24.5 Å². The van der Waals surface area contributed by atoms with Gasteiger partial charge in [0.1, 0.15) is 4.90 Å². The minimum absolute atomic E-state index is 0.0670. The van der Waals surface area contributed by atoms with Gasteiger partial charge in [0, 0.05) is 18.5 Å². The first-order valence-corrected chi connectivity index (χ1v) is 7.66. The number of hydrogen-bond acceptors (Lipinski definition) is 4. The van der Waals surface area contributed by atoms with E-state index in [0.717, 1.165) is 11.6 Å². The van der Waals surface area contributed by atoms with Crippen LogP contribution in [0.5, 0.6) is 0 Å². The number of aromatic nitrogens is 1. The van der Waals surface area contributed by atoms with Gasteiger partial charge in [-0.25, -0.2) is 26.9 Å². The molecule has 0 saturated carbocycles. The van der Waals surface area contributed by atoms with Crippen molar-refractivity contribution in [1.29, 1.82) is 0 Å². The highest BCUT2D eigenvalue weighted by Gasteiger charge is 2.28. The van der Waals surface area contributed by atoms with Crippen LogP contribution in [0.3, 0.4) is 0 Å². The summed E-state index contributed by atoms with van der Waals surface area (Å²) in [6, 6.07) is 4.90. The van der Waals surface area contributed by atoms with E-state index in [4.69, 9.17) is 0 Å². The summed E-state index contributed by atoms with van der Waals surface area (Å²) in [5.74, 6) is -2.45. The lowest BCUT2D eigenvalue weighted by Gasteiger charge is -2.21. The maximum absolute atomic E-state index is 13.3. The Kier molecular flexibility index (Phi) is 3.49. The van der Waals surface area contributed by atoms with Crippen molar-refractivity contribution >= 4 is 21.7 Å². The van der Waals surface area contributed by atoms with E-state index in [1.807, 2.05) is 0 Å². The fourth-order valence-electron chi connectivity index (χ4n) is 1.92. The monoisotopic (exact) mass is 324 g/mol. The summed E-state index contributed by atoms with van der Waals surface area (Å²) in [6.07, 6.45) is 3.19. The minimum Gasteiger partial charge on any atom is -0.324 e. The van der Waals surface area contributed by atoms with Crippen LogP contribution in [0.1, 0.15) is 5.56 Å². The molecule has 22 heavy (non-hydrogen) atoms. The number of anilines is 1. The van der Waals surface area contributed by atoms with Crippen LogP contribution in [-0.4, -0.2) is 19.4 Å². The molecular formula is C13H10F2N4O2S. The molecule has 2 aromatic rings. The smallest absolute Gasteiger partial charge is 0.266 e. The number of nitrogens with one attached hydrogen (secondary N) is 2. The van der Waals surface area contributed by atoms with Crippen molar-refractivity contribution in [3.63, 3.8) is 0 Å². The van der Waals surface area contributed by atoms with Gasteiger partial charge >= 0.3 is 0 Å². The van der Waals surface area contributed by atoms with Gasteiger partial charge in [0.2, 0.25) is 5.96 Å². The van der Waals surface area contributed by atoms with Gasteiger partial charge < -0.3 is 5.32 Å². The van der Waals surface area contributed by atoms with Crippen molar-refractivity contribution in [3.05, 3.63) is 53.9 Å². The molecular weight excluding hydrogens is 314 g/mol. The topological polar surface area (TPSA) is 83.5 Å². The standard InChI is InChI=1S/C13H10F2N4O2S/c14-9-4-11-12(5-10(9)15)22(20,21)19-13(18-11)17-7-8-2-1-3-16-6-8/h1-6H,7H2,(H2,17,18,19). The van der Waals surface area contributed by atoms with Gasteiger partial charge in [0.05, 0.1) is 12.2 Å². The van der Waals surface area contributed by atoms with E-state index in [2.05, 4.69) is 20.0 Å². The summed E-state index contributed by atoms with van der Waals surface area (Å²) in [5.41, 5.74) is 0.703. The SMILES string of the molecule is O=S1(=O)NC(=NCc2cccnc2)Nc2cc(F)c(F)cc21. The molecule has 2 heterocycles. The molecule has 0 amide bonds. The summed E-state index contributed by atoms with van der Waals surface area (Å²) in [5, 5.41) is 2.62. The van der Waals surface area contributed by atoms with Crippen molar-refractivity contribution < 1.29 is 17.2 Å². The van der Waals surface area contributed by atoms with Crippen molar-refractivity contribution in [2.24, 2.45) is 4.99 Å². The lowest BCUT2D eigenvalue weighted by molar-refractivity contribution is 0.505. The minimum atomic E-state index is -4.00. The second-order valence-corrected chi connectivity index (χ2v) is 6.17. The first kappa shape index (κ1) is 14.4. The van der Waals surface area contributed by atoms with Crippen LogP contribution in [0.2, 0.25) is 0 Å². The van der Waals surface area contributed by atoms with E-state index in [-0.39, 0.29) is 23.1 Å². The van der Waals surface area contributed by atoms with E-state index in [0.29, 0.717) is 6.07 Å². The summed E-state index contributed by atoms with van der Waals surface area (Å²) in [6.45, 7) is 0.178. The van der Waals surface area contributed by atoms with Gasteiger partial charge in [-0.15, -0.1) is 0 Å². The summed E-state index contributed by atoms with van der Waals surface area (Å²) >= 11 is 0. The molecule has 0 spiro atoms. The Morgan fingerprint density at radius 3 is 2.73 bits per heavy atom. The molecule has 1 aromatic carbocycles. The molecule has 0 bridgehead atoms. The van der Waals surface area contributed by atoms with Gasteiger partial charge in [-0.05, 0) is 17.7 Å². The van der Waals surface area contributed by atoms with Crippen molar-refractivity contribution in [2.45, 2.75) is 11.4 Å². The van der Waals surface area contributed by atoms with E-state index >= 15 is 0 Å². The Bertz CT molecular complexity index is 854. The third-order valence-electron chi connectivity index (χ3n) is 2.94. The lowest BCUT2D eigenvalue weighted by atomic mass is 10.3. The number of nitrogens with zero attached hydrogens (tertiary/aromatic N) is 2. The molecule has 0 aliphatic carbocycles. The van der Waals surface area contributed by atoms with Crippen molar-refractivity contribution in [2.75, 3.05) is 5.32 Å². The first-order valence-electron chi connectivity index (χ1n) is 6.18. The Morgan fingerprint density at radius 2 is 2.00 bits per heavy atom. The molecule has 0 saturated heterocycles. The second kappa shape index (κ2) is 5.34. The van der Waals surface area contributed by atoms with Crippen LogP contribution in [0.25, 0.3) is 0 Å². The lowest BCUT2D eigenvalue weighted by Crippen LogP contribution is -2.41. The highest BCUT2D eigenvalue weighted by atomic mass is 32.2. The van der Waals surface area contributed by atoms with Gasteiger partial charge in [0.25, 0.3) is 10.0 Å². The number of hydrogen-bond donors (Lipinski definition) is 2. The molecule has 0 unspecified atom stereocenters. The quantitative estimate of drug-likeness (QED) is 0.879. The number of guanidine groups is 1. The maximum Gasteiger partial charge on any atom is 0.266 e. The zero-order valence-electron chi connectivity index (χ0n) is 11.0. The number of sulfonamides is 1. The maximum atomic E-state index is 13.3. The first-order chi connectivity index (χ1) is 10.5. The van der Waals surface area contributed by atoms with Crippen molar-refractivity contribution in [1.82, 2.24) is 9.71 Å². The molecule has 2 N–H and O–H groups in total. The summed E-state index contributed by atoms with van der Waals surface area (Å²) < 4.78 is 52.7. The van der Waals surface area contributed by atoms with E-state index < -0.39 is 21.7 Å². The molecule has 1 aliphatic rings. The second-order valence-electron chi connectivity index (χ2n) is 4.52. The Labute approximate surface area is 125 Å². The van der Waals surface area contributed by atoms with Crippen molar-refractivity contribution in [3.8, 4) is 0 Å². The van der Waals surface area contributed by atoms with Crippen LogP contribution in [-0.2, 0) is 16.6 Å². The predicted octanol–water partition coefficient (Wildman–Crippen LogP) is 1.62. The van der Waals surface area contributed by atoms with Crippen LogP contribution >= 0.6 is 0 Å². The predicted molar refractivity (Wildman–Crippen MR) is 75.7 cm³/mol. The van der Waals surface area contributed by atoms with Gasteiger partial charge in [0.15, 0.2) is 11.6 Å². The fourth-order valence-corrected chi connectivity index (χ4v) is 3.06. The zero-order chi connectivity index (χ0) is 15.7. The molecule has 6 nitrogen and oxygen atoms in total. The largest absolute Gasteiger partial charge is 0.324 e.